The second kappa shape index (κ2) is 5.13. The third-order valence-electron chi connectivity index (χ3n) is 2.36. The van der Waals surface area contributed by atoms with Gasteiger partial charge in [0.05, 0.1) is 29.2 Å². The van der Waals surface area contributed by atoms with Gasteiger partial charge < -0.3 is 15.5 Å². The van der Waals surface area contributed by atoms with Gasteiger partial charge in [-0.25, -0.2) is 4.79 Å². The van der Waals surface area contributed by atoms with E-state index in [0.29, 0.717) is 0 Å². The summed E-state index contributed by atoms with van der Waals surface area (Å²) in [4.78, 5) is 22.9. The predicted molar refractivity (Wildman–Crippen MR) is 65.1 cm³/mol. The highest BCUT2D eigenvalue weighted by Gasteiger charge is 2.18. The Morgan fingerprint density at radius 2 is 1.68 bits per heavy atom. The first kappa shape index (κ1) is 12.5. The number of carbonyl (C=O) groups is 2. The number of nitrogens with one attached hydrogen (secondary N) is 1. The fourth-order valence-electron chi connectivity index (χ4n) is 1.44. The molecule has 0 radical (unpaired) electrons. The lowest BCUT2D eigenvalue weighted by Gasteiger charge is -2.08. The van der Waals surface area contributed by atoms with E-state index in [1.807, 2.05) is 0 Å². The van der Waals surface area contributed by atoms with Crippen molar-refractivity contribution < 1.29 is 19.8 Å². The van der Waals surface area contributed by atoms with Crippen LogP contribution in [0.5, 0.6) is 5.75 Å². The van der Waals surface area contributed by atoms with Crippen molar-refractivity contribution >= 4 is 17.6 Å². The summed E-state index contributed by atoms with van der Waals surface area (Å²) >= 11 is 0. The lowest BCUT2D eigenvalue weighted by molar-refractivity contribution is 0.0691. The topological polar surface area (TPSA) is 112 Å². The largest absolute Gasteiger partial charge is 0.506 e. The van der Waals surface area contributed by atoms with Gasteiger partial charge in [-0.2, -0.15) is 10.2 Å². The number of carbonyl (C=O) groups excluding carboxylic acids is 1. The molecule has 0 spiro atoms. The Labute approximate surface area is 107 Å². The molecule has 0 saturated heterocycles. The summed E-state index contributed by atoms with van der Waals surface area (Å²) in [6.45, 7) is 0. The molecule has 7 heteroatoms. The lowest BCUT2D eigenvalue weighted by atomic mass is 10.1. The first-order valence-corrected chi connectivity index (χ1v) is 5.23. The molecule has 0 aliphatic heterocycles. The first-order chi connectivity index (χ1) is 9.09. The van der Waals surface area contributed by atoms with Crippen LogP contribution in [0.25, 0.3) is 0 Å². The summed E-state index contributed by atoms with van der Waals surface area (Å²) in [5.74, 6) is -2.08. The maximum atomic E-state index is 11.9. The van der Waals surface area contributed by atoms with E-state index < -0.39 is 11.9 Å². The van der Waals surface area contributed by atoms with Crippen molar-refractivity contribution in [2.24, 2.45) is 0 Å². The number of carboxylic acids is 1. The van der Waals surface area contributed by atoms with Crippen molar-refractivity contribution in [2.75, 3.05) is 5.32 Å². The van der Waals surface area contributed by atoms with Crippen LogP contribution in [0.4, 0.5) is 5.69 Å². The van der Waals surface area contributed by atoms with Gasteiger partial charge in [-0.05, 0) is 12.1 Å². The quantitative estimate of drug-likeness (QED) is 0.712. The van der Waals surface area contributed by atoms with Gasteiger partial charge in [-0.3, -0.25) is 4.79 Å². The number of rotatable bonds is 3. The zero-order chi connectivity index (χ0) is 13.8. The Morgan fingerprint density at radius 1 is 1.05 bits per heavy atom. The Bertz CT molecular complexity index is 642. The van der Waals surface area contributed by atoms with E-state index in [-0.39, 0.29) is 22.6 Å². The minimum atomic E-state index is -1.28. The maximum absolute atomic E-state index is 11.9. The minimum Gasteiger partial charge on any atom is -0.506 e. The van der Waals surface area contributed by atoms with Crippen LogP contribution in [0.15, 0.2) is 36.7 Å². The normalized spacial score (nSPS) is 9.89. The number of phenolic OH excluding ortho intramolecular Hbond substituents is 1. The Balaban J connectivity index is 2.31. The van der Waals surface area contributed by atoms with E-state index in [9.17, 15) is 14.7 Å². The van der Waals surface area contributed by atoms with Gasteiger partial charge in [0.2, 0.25) is 0 Å². The predicted octanol–water partition coefficient (Wildman–Crippen LogP) is 1.13. The molecule has 2 aromatic rings. The molecule has 0 atom stereocenters. The van der Waals surface area contributed by atoms with E-state index in [1.54, 1.807) is 12.1 Å². The molecule has 0 saturated carbocycles. The van der Waals surface area contributed by atoms with Gasteiger partial charge >= 0.3 is 5.97 Å². The molecule has 96 valence electrons. The van der Waals surface area contributed by atoms with Gasteiger partial charge in [0.25, 0.3) is 5.91 Å². The van der Waals surface area contributed by atoms with E-state index in [4.69, 9.17) is 5.11 Å². The molecule has 0 bridgehead atoms. The van der Waals surface area contributed by atoms with Gasteiger partial charge in [0.15, 0.2) is 0 Å². The number of carboxylic acid groups (broad SMARTS) is 1. The molecule has 1 aromatic heterocycles. The van der Waals surface area contributed by atoms with Gasteiger partial charge in [0.1, 0.15) is 5.75 Å². The van der Waals surface area contributed by atoms with Crippen LogP contribution in [0, 0.1) is 0 Å². The van der Waals surface area contributed by atoms with Crippen LogP contribution in [0.1, 0.15) is 20.7 Å². The molecule has 1 aromatic carbocycles. The molecule has 1 amide bonds. The summed E-state index contributed by atoms with van der Waals surface area (Å²) < 4.78 is 0. The van der Waals surface area contributed by atoms with E-state index >= 15 is 0 Å². The van der Waals surface area contributed by atoms with Crippen LogP contribution in [-0.4, -0.2) is 32.3 Å². The number of benzene rings is 1. The average molecular weight is 259 g/mol. The number of amides is 1. The molecule has 7 nitrogen and oxygen atoms in total. The highest BCUT2D eigenvalue weighted by atomic mass is 16.4. The van der Waals surface area contributed by atoms with E-state index in [2.05, 4.69) is 15.5 Å². The summed E-state index contributed by atoms with van der Waals surface area (Å²) in [5.41, 5.74) is -0.214. The highest BCUT2D eigenvalue weighted by Crippen LogP contribution is 2.22. The van der Waals surface area contributed by atoms with Crippen molar-refractivity contribution in [3.63, 3.8) is 0 Å². The number of hydrogen-bond acceptors (Lipinski definition) is 5. The molecule has 3 N–H and O–H groups in total. The van der Waals surface area contributed by atoms with Crippen LogP contribution >= 0.6 is 0 Å². The van der Waals surface area contributed by atoms with Gasteiger partial charge in [-0.15, -0.1) is 0 Å². The second-order valence-electron chi connectivity index (χ2n) is 3.59. The molecule has 0 unspecified atom stereocenters. The van der Waals surface area contributed by atoms with Crippen molar-refractivity contribution in [1.29, 1.82) is 0 Å². The Morgan fingerprint density at radius 3 is 2.32 bits per heavy atom. The highest BCUT2D eigenvalue weighted by molar-refractivity contribution is 6.10. The van der Waals surface area contributed by atoms with Crippen molar-refractivity contribution in [3.05, 3.63) is 47.8 Å². The number of aromatic carboxylic acids is 1. The van der Waals surface area contributed by atoms with Crippen LogP contribution < -0.4 is 5.32 Å². The molecule has 0 aliphatic carbocycles. The number of hydrogen-bond donors (Lipinski definition) is 3. The summed E-state index contributed by atoms with van der Waals surface area (Å²) in [6, 6.07) is 6.11. The summed E-state index contributed by atoms with van der Waals surface area (Å²) in [5, 5.41) is 27.8. The fourth-order valence-corrected chi connectivity index (χ4v) is 1.44. The SMILES string of the molecule is O=C(O)c1cnncc1C(=O)Nc1ccccc1O. The van der Waals surface area contributed by atoms with E-state index in [1.165, 1.54) is 12.1 Å². The molecule has 0 aliphatic rings. The zero-order valence-corrected chi connectivity index (χ0v) is 9.57. The number of anilines is 1. The monoisotopic (exact) mass is 259 g/mol. The molecule has 2 rings (SSSR count). The molecular weight excluding hydrogens is 250 g/mol. The molecular formula is C12H9N3O4. The number of para-hydroxylation sites is 2. The summed E-state index contributed by atoms with van der Waals surface area (Å²) in [6.07, 6.45) is 2.04. The van der Waals surface area contributed by atoms with Crippen LogP contribution in [-0.2, 0) is 0 Å². The van der Waals surface area contributed by atoms with Crippen molar-refractivity contribution in [2.45, 2.75) is 0 Å². The third kappa shape index (κ3) is 2.65. The second-order valence-corrected chi connectivity index (χ2v) is 3.59. The number of nitrogens with zero attached hydrogens (tertiary/aromatic N) is 2. The molecule has 19 heavy (non-hydrogen) atoms. The van der Waals surface area contributed by atoms with Crippen LogP contribution in [0.2, 0.25) is 0 Å². The number of phenols is 1. The standard InChI is InChI=1S/C12H9N3O4/c16-10-4-2-1-3-9(10)15-11(17)7-5-13-14-6-8(7)12(18)19/h1-6,16H,(H,15,17)(H,18,19). The smallest absolute Gasteiger partial charge is 0.338 e. The van der Waals surface area contributed by atoms with Crippen molar-refractivity contribution in [1.82, 2.24) is 10.2 Å². The number of aromatic nitrogens is 2. The van der Waals surface area contributed by atoms with Gasteiger partial charge in [0, 0.05) is 0 Å². The molecule has 1 heterocycles. The molecule has 0 fully saturated rings. The fraction of sp³-hybridized carbons (Fsp3) is 0. The minimum absolute atomic E-state index is 0.116. The Hall–Kier alpha value is -2.96. The summed E-state index contributed by atoms with van der Waals surface area (Å²) in [7, 11) is 0. The average Bonchev–Trinajstić information content (AvgIpc) is 2.41. The number of aromatic hydroxyl groups is 1. The zero-order valence-electron chi connectivity index (χ0n) is 9.57. The van der Waals surface area contributed by atoms with Crippen molar-refractivity contribution in [3.8, 4) is 5.75 Å². The van der Waals surface area contributed by atoms with Crippen LogP contribution in [0.3, 0.4) is 0 Å². The Kier molecular flexibility index (Phi) is 3.37. The van der Waals surface area contributed by atoms with Gasteiger partial charge in [-0.1, -0.05) is 12.1 Å². The third-order valence-corrected chi connectivity index (χ3v) is 2.36. The maximum Gasteiger partial charge on any atom is 0.338 e. The lowest BCUT2D eigenvalue weighted by Crippen LogP contribution is -2.17. The first-order valence-electron chi connectivity index (χ1n) is 5.23. The van der Waals surface area contributed by atoms with E-state index in [0.717, 1.165) is 12.4 Å².